The number of rotatable bonds is 6. The molecule has 2 aromatic rings. The van der Waals surface area contributed by atoms with Gasteiger partial charge in [0, 0.05) is 6.20 Å². The average Bonchev–Trinajstić information content (AvgIpc) is 2.48. The molecule has 0 aliphatic rings. The van der Waals surface area contributed by atoms with Crippen molar-refractivity contribution < 1.29 is 13.2 Å². The van der Waals surface area contributed by atoms with Crippen LogP contribution in [0.2, 0.25) is 5.02 Å². The number of pyridine rings is 1. The highest BCUT2D eigenvalue weighted by Crippen LogP contribution is 2.24. The first-order valence-corrected chi connectivity index (χ1v) is 8.24. The molecule has 0 bridgehead atoms. The molecule has 0 amide bonds. The topological polar surface area (TPSA) is 68.3 Å². The first kappa shape index (κ1) is 15.6. The molecule has 1 aromatic heterocycles. The minimum Gasteiger partial charge on any atom is -0.494 e. The Morgan fingerprint density at radius 1 is 1.24 bits per heavy atom. The monoisotopic (exact) mass is 326 g/mol. The maximum absolute atomic E-state index is 12.2. The number of hydrogen-bond acceptors (Lipinski definition) is 4. The third-order valence-electron chi connectivity index (χ3n) is 2.62. The predicted octanol–water partition coefficient (Wildman–Crippen LogP) is 3.32. The Kier molecular flexibility index (Phi) is 5.03. The van der Waals surface area contributed by atoms with E-state index in [2.05, 4.69) is 9.71 Å². The van der Waals surface area contributed by atoms with E-state index in [0.29, 0.717) is 12.4 Å². The lowest BCUT2D eigenvalue weighted by atomic mass is 10.3. The summed E-state index contributed by atoms with van der Waals surface area (Å²) < 4.78 is 32.3. The van der Waals surface area contributed by atoms with Gasteiger partial charge < -0.3 is 4.74 Å². The van der Waals surface area contributed by atoms with Gasteiger partial charge in [-0.25, -0.2) is 8.42 Å². The van der Waals surface area contributed by atoms with E-state index in [4.69, 9.17) is 16.3 Å². The summed E-state index contributed by atoms with van der Waals surface area (Å²) >= 11 is 5.91. The molecule has 5 nitrogen and oxygen atoms in total. The van der Waals surface area contributed by atoms with E-state index in [1.807, 2.05) is 6.92 Å². The van der Waals surface area contributed by atoms with Gasteiger partial charge in [0.05, 0.1) is 28.4 Å². The summed E-state index contributed by atoms with van der Waals surface area (Å²) in [6.45, 7) is 2.59. The van der Waals surface area contributed by atoms with Crippen LogP contribution in [-0.2, 0) is 10.0 Å². The molecule has 0 radical (unpaired) electrons. The fraction of sp³-hybridized carbons (Fsp3) is 0.214. The number of hydrogen-bond donors (Lipinski definition) is 1. The third kappa shape index (κ3) is 4.09. The Morgan fingerprint density at radius 2 is 1.95 bits per heavy atom. The molecule has 1 N–H and O–H groups in total. The lowest BCUT2D eigenvalue weighted by Crippen LogP contribution is -2.13. The Labute approximate surface area is 129 Å². The van der Waals surface area contributed by atoms with E-state index in [1.165, 1.54) is 30.6 Å². The molecule has 0 atom stereocenters. The summed E-state index contributed by atoms with van der Waals surface area (Å²) in [5.74, 6) is 0.634. The van der Waals surface area contributed by atoms with E-state index < -0.39 is 10.0 Å². The number of nitrogens with one attached hydrogen (secondary N) is 1. The van der Waals surface area contributed by atoms with Crippen LogP contribution in [0.5, 0.6) is 5.75 Å². The molecule has 0 spiro atoms. The van der Waals surface area contributed by atoms with Crippen LogP contribution in [0.25, 0.3) is 0 Å². The van der Waals surface area contributed by atoms with Gasteiger partial charge in [0.2, 0.25) is 0 Å². The van der Waals surface area contributed by atoms with Crippen LogP contribution in [0, 0.1) is 0 Å². The van der Waals surface area contributed by atoms with Gasteiger partial charge in [-0.05, 0) is 36.8 Å². The van der Waals surface area contributed by atoms with Gasteiger partial charge >= 0.3 is 0 Å². The molecule has 2 rings (SSSR count). The molecule has 1 aromatic carbocycles. The van der Waals surface area contributed by atoms with Gasteiger partial charge in [0.15, 0.2) is 0 Å². The molecule has 0 aliphatic heterocycles. The van der Waals surface area contributed by atoms with Crippen LogP contribution in [0.1, 0.15) is 13.3 Å². The second-order valence-corrected chi connectivity index (χ2v) is 6.37. The maximum Gasteiger partial charge on any atom is 0.261 e. The molecule has 21 heavy (non-hydrogen) atoms. The van der Waals surface area contributed by atoms with Crippen molar-refractivity contribution in [2.24, 2.45) is 0 Å². The largest absolute Gasteiger partial charge is 0.494 e. The minimum atomic E-state index is -3.70. The predicted molar refractivity (Wildman–Crippen MR) is 82.3 cm³/mol. The zero-order valence-electron chi connectivity index (χ0n) is 11.4. The minimum absolute atomic E-state index is 0.131. The summed E-state index contributed by atoms with van der Waals surface area (Å²) in [5.41, 5.74) is 0.241. The number of halogens is 1. The normalized spacial score (nSPS) is 11.1. The zero-order chi connectivity index (χ0) is 15.3. The summed E-state index contributed by atoms with van der Waals surface area (Å²) in [6.07, 6.45) is 3.74. The maximum atomic E-state index is 12.2. The second kappa shape index (κ2) is 6.78. The van der Waals surface area contributed by atoms with Crippen LogP contribution in [0.3, 0.4) is 0 Å². The fourth-order valence-corrected chi connectivity index (χ4v) is 2.86. The lowest BCUT2D eigenvalue weighted by molar-refractivity contribution is 0.317. The van der Waals surface area contributed by atoms with Gasteiger partial charge in [-0.3, -0.25) is 9.71 Å². The van der Waals surface area contributed by atoms with Crippen LogP contribution in [0.15, 0.2) is 47.6 Å². The quantitative estimate of drug-likeness (QED) is 0.884. The number of aromatic nitrogens is 1. The molecule has 0 unspecified atom stereocenters. The molecule has 0 saturated carbocycles. The van der Waals surface area contributed by atoms with Crippen molar-refractivity contribution in [3.05, 3.63) is 47.7 Å². The van der Waals surface area contributed by atoms with E-state index in [-0.39, 0.29) is 15.6 Å². The van der Waals surface area contributed by atoms with Crippen molar-refractivity contribution in [3.63, 3.8) is 0 Å². The van der Waals surface area contributed by atoms with E-state index >= 15 is 0 Å². The highest BCUT2D eigenvalue weighted by Gasteiger charge is 2.15. The zero-order valence-corrected chi connectivity index (χ0v) is 13.0. The number of anilines is 1. The highest BCUT2D eigenvalue weighted by atomic mass is 35.5. The standard InChI is InChI=1S/C14H15ClN2O3S/c1-2-9-20-11-3-5-12(6-4-11)21(18,19)17-14-10-16-8-7-13(14)15/h3-8,10,17H,2,9H2,1H3. The van der Waals surface area contributed by atoms with Crippen LogP contribution in [-0.4, -0.2) is 20.0 Å². The number of benzene rings is 1. The van der Waals surface area contributed by atoms with Crippen molar-refractivity contribution in [2.45, 2.75) is 18.2 Å². The molecule has 7 heteroatoms. The molecule has 1 heterocycles. The van der Waals surface area contributed by atoms with Crippen molar-refractivity contribution >= 4 is 27.3 Å². The Morgan fingerprint density at radius 3 is 2.57 bits per heavy atom. The number of ether oxygens (including phenoxy) is 1. The van der Waals surface area contributed by atoms with Gasteiger partial charge in [0.1, 0.15) is 5.75 Å². The highest BCUT2D eigenvalue weighted by molar-refractivity contribution is 7.92. The van der Waals surface area contributed by atoms with Crippen molar-refractivity contribution in [2.75, 3.05) is 11.3 Å². The van der Waals surface area contributed by atoms with Gasteiger partial charge in [0.25, 0.3) is 10.0 Å². The van der Waals surface area contributed by atoms with Crippen molar-refractivity contribution in [3.8, 4) is 5.75 Å². The molecule has 0 saturated heterocycles. The Hall–Kier alpha value is -1.79. The number of nitrogens with zero attached hydrogens (tertiary/aromatic N) is 1. The summed E-state index contributed by atoms with van der Waals surface area (Å²) in [7, 11) is -3.70. The van der Waals surface area contributed by atoms with Crippen LogP contribution < -0.4 is 9.46 Å². The summed E-state index contributed by atoms with van der Waals surface area (Å²) in [4.78, 5) is 3.97. The number of sulfonamides is 1. The summed E-state index contributed by atoms with van der Waals surface area (Å²) in [5, 5.41) is 0.288. The van der Waals surface area contributed by atoms with Crippen LogP contribution >= 0.6 is 11.6 Å². The smallest absolute Gasteiger partial charge is 0.261 e. The van der Waals surface area contributed by atoms with Crippen LogP contribution in [0.4, 0.5) is 5.69 Å². The first-order chi connectivity index (χ1) is 10.0. The SMILES string of the molecule is CCCOc1ccc(S(=O)(=O)Nc2cnccc2Cl)cc1. The fourth-order valence-electron chi connectivity index (χ4n) is 1.59. The lowest BCUT2D eigenvalue weighted by Gasteiger charge is -2.10. The first-order valence-electron chi connectivity index (χ1n) is 6.38. The van der Waals surface area contributed by atoms with Gasteiger partial charge in [-0.1, -0.05) is 18.5 Å². The molecular formula is C14H15ClN2O3S. The molecular weight excluding hydrogens is 312 g/mol. The molecule has 112 valence electrons. The van der Waals surface area contributed by atoms with E-state index in [0.717, 1.165) is 6.42 Å². The average molecular weight is 327 g/mol. The molecule has 0 fully saturated rings. The second-order valence-electron chi connectivity index (χ2n) is 4.28. The summed E-state index contributed by atoms with van der Waals surface area (Å²) in [6, 6.07) is 7.72. The van der Waals surface area contributed by atoms with Gasteiger partial charge in [-0.15, -0.1) is 0 Å². The Bertz CT molecular complexity index is 702. The van der Waals surface area contributed by atoms with E-state index in [1.54, 1.807) is 12.1 Å². The van der Waals surface area contributed by atoms with Gasteiger partial charge in [-0.2, -0.15) is 0 Å². The van der Waals surface area contributed by atoms with Crippen molar-refractivity contribution in [1.82, 2.24) is 4.98 Å². The van der Waals surface area contributed by atoms with E-state index in [9.17, 15) is 8.42 Å². The third-order valence-corrected chi connectivity index (χ3v) is 4.33. The van der Waals surface area contributed by atoms with Crippen molar-refractivity contribution in [1.29, 1.82) is 0 Å². The molecule has 0 aliphatic carbocycles. The Balaban J connectivity index is 2.18.